The molecule has 3 N–H and O–H groups in total. The van der Waals surface area contributed by atoms with Crippen LogP contribution in [0.3, 0.4) is 0 Å². The second kappa shape index (κ2) is 8.77. The molecule has 0 unspecified atom stereocenters. The first-order valence-corrected chi connectivity index (χ1v) is 9.21. The zero-order valence-electron chi connectivity index (χ0n) is 15.3. The van der Waals surface area contributed by atoms with Crippen LogP contribution in [0.25, 0.3) is 0 Å². The van der Waals surface area contributed by atoms with E-state index in [1.165, 1.54) is 6.26 Å². The van der Waals surface area contributed by atoms with Crippen molar-refractivity contribution in [1.29, 1.82) is 0 Å². The molecule has 0 aliphatic rings. The summed E-state index contributed by atoms with van der Waals surface area (Å²) < 4.78 is 5.07. The van der Waals surface area contributed by atoms with E-state index in [4.69, 9.17) is 28.2 Å². The van der Waals surface area contributed by atoms with Gasteiger partial charge in [-0.2, -0.15) is 0 Å². The third-order valence-electron chi connectivity index (χ3n) is 3.83. The van der Waals surface area contributed by atoms with Gasteiger partial charge in [0.05, 0.1) is 22.7 Å². The number of benzene rings is 2. The van der Waals surface area contributed by atoms with Crippen LogP contribution in [0.4, 0.5) is 22.7 Å². The van der Waals surface area contributed by atoms with Crippen LogP contribution >= 0.6 is 23.8 Å². The lowest BCUT2D eigenvalue weighted by Gasteiger charge is -2.20. The van der Waals surface area contributed by atoms with Gasteiger partial charge in [0.25, 0.3) is 5.91 Å². The number of nitrogens with one attached hydrogen (secondary N) is 3. The third kappa shape index (κ3) is 4.82. The highest BCUT2D eigenvalue weighted by Gasteiger charge is 2.11. The summed E-state index contributed by atoms with van der Waals surface area (Å²) in [5.41, 5.74) is 3.08. The minimum atomic E-state index is -0.305. The summed E-state index contributed by atoms with van der Waals surface area (Å²) in [7, 11) is 3.83. The van der Waals surface area contributed by atoms with E-state index in [9.17, 15) is 4.79 Å². The average Bonchev–Trinajstić information content (AvgIpc) is 3.18. The third-order valence-corrected chi connectivity index (χ3v) is 4.34. The van der Waals surface area contributed by atoms with Gasteiger partial charge in [0.2, 0.25) is 0 Å². The monoisotopic (exact) mass is 414 g/mol. The van der Waals surface area contributed by atoms with E-state index in [2.05, 4.69) is 16.0 Å². The largest absolute Gasteiger partial charge is 0.459 e. The highest BCUT2D eigenvalue weighted by Crippen LogP contribution is 2.32. The minimum absolute atomic E-state index is 0.255. The van der Waals surface area contributed by atoms with E-state index in [0.29, 0.717) is 15.8 Å². The van der Waals surface area contributed by atoms with Crippen LogP contribution < -0.4 is 20.9 Å². The maximum atomic E-state index is 12.0. The number of amides is 1. The van der Waals surface area contributed by atoms with Gasteiger partial charge in [-0.25, -0.2) is 0 Å². The van der Waals surface area contributed by atoms with Crippen LogP contribution in [0.15, 0.2) is 65.3 Å². The van der Waals surface area contributed by atoms with E-state index in [1.54, 1.807) is 24.3 Å². The molecule has 0 saturated carbocycles. The first-order valence-electron chi connectivity index (χ1n) is 8.43. The Morgan fingerprint density at radius 3 is 2.25 bits per heavy atom. The predicted molar refractivity (Wildman–Crippen MR) is 119 cm³/mol. The molecule has 28 heavy (non-hydrogen) atoms. The lowest BCUT2D eigenvalue weighted by atomic mass is 10.2. The molecular formula is C20H19ClN4O2S. The van der Waals surface area contributed by atoms with Gasteiger partial charge in [0, 0.05) is 25.5 Å². The summed E-state index contributed by atoms with van der Waals surface area (Å²) in [5, 5.41) is 10.1. The van der Waals surface area contributed by atoms with Crippen molar-refractivity contribution in [3.8, 4) is 0 Å². The number of halogens is 1. The van der Waals surface area contributed by atoms with E-state index in [-0.39, 0.29) is 11.7 Å². The predicted octanol–water partition coefficient (Wildman–Crippen LogP) is 5.06. The van der Waals surface area contributed by atoms with E-state index >= 15 is 0 Å². The zero-order valence-corrected chi connectivity index (χ0v) is 16.9. The topological polar surface area (TPSA) is 69.5 Å². The fraction of sp³-hybridized carbons (Fsp3) is 0.100. The van der Waals surface area contributed by atoms with Gasteiger partial charge < -0.3 is 25.3 Å². The van der Waals surface area contributed by atoms with E-state index in [0.717, 1.165) is 17.1 Å². The summed E-state index contributed by atoms with van der Waals surface area (Å²) in [6.07, 6.45) is 1.46. The number of rotatable bonds is 5. The Morgan fingerprint density at radius 2 is 1.64 bits per heavy atom. The number of nitrogens with zero attached hydrogens (tertiary/aromatic N) is 1. The number of hydrogen-bond acceptors (Lipinski definition) is 4. The standard InChI is InChI=1S/C20H19ClN4O2S/c1-25(2)18-15(21)5-3-6-16(18)24-20(28)23-14-10-8-13(9-11-14)22-19(26)17-7-4-12-27-17/h3-12H,1-2H3,(H,22,26)(H2,23,24,28). The van der Waals surface area contributed by atoms with Gasteiger partial charge in [-0.05, 0) is 60.7 Å². The lowest BCUT2D eigenvalue weighted by molar-refractivity contribution is 0.0996. The number of carbonyl (C=O) groups excluding carboxylic acids is 1. The molecule has 144 valence electrons. The fourth-order valence-electron chi connectivity index (χ4n) is 2.59. The van der Waals surface area contributed by atoms with Crippen molar-refractivity contribution < 1.29 is 9.21 Å². The number of thiocarbonyl (C=S) groups is 1. The molecule has 0 aliphatic heterocycles. The highest BCUT2D eigenvalue weighted by atomic mass is 35.5. The van der Waals surface area contributed by atoms with Crippen LogP contribution in [0.1, 0.15) is 10.6 Å². The van der Waals surface area contributed by atoms with Crippen molar-refractivity contribution >= 4 is 57.6 Å². The Balaban J connectivity index is 1.62. The number of furan rings is 1. The first-order chi connectivity index (χ1) is 13.4. The van der Waals surface area contributed by atoms with Crippen LogP contribution in [0.5, 0.6) is 0 Å². The molecule has 0 bridgehead atoms. The summed E-state index contributed by atoms with van der Waals surface area (Å²) in [6.45, 7) is 0. The number of carbonyl (C=O) groups is 1. The van der Waals surface area contributed by atoms with Crippen molar-refractivity contribution in [2.45, 2.75) is 0 Å². The molecule has 0 aliphatic carbocycles. The highest BCUT2D eigenvalue weighted by molar-refractivity contribution is 7.80. The van der Waals surface area contributed by atoms with E-state index in [1.807, 2.05) is 49.3 Å². The maximum Gasteiger partial charge on any atom is 0.291 e. The summed E-state index contributed by atoms with van der Waals surface area (Å²) >= 11 is 11.7. The Hall–Kier alpha value is -3.03. The summed E-state index contributed by atoms with van der Waals surface area (Å²) in [6, 6.07) is 16.0. The molecule has 0 fully saturated rings. The molecule has 8 heteroatoms. The van der Waals surface area contributed by atoms with Crippen molar-refractivity contribution in [2.75, 3.05) is 34.9 Å². The average molecular weight is 415 g/mol. The molecule has 0 spiro atoms. The van der Waals surface area contributed by atoms with Gasteiger partial charge in [0.1, 0.15) is 0 Å². The molecule has 6 nitrogen and oxygen atoms in total. The zero-order chi connectivity index (χ0) is 20.1. The minimum Gasteiger partial charge on any atom is -0.459 e. The molecule has 0 atom stereocenters. The van der Waals surface area contributed by atoms with Crippen LogP contribution in [-0.4, -0.2) is 25.1 Å². The molecule has 3 aromatic rings. The number of hydrogen-bond donors (Lipinski definition) is 3. The number of para-hydroxylation sites is 1. The van der Waals surface area contributed by atoms with Gasteiger partial charge in [-0.1, -0.05) is 17.7 Å². The SMILES string of the molecule is CN(C)c1c(Cl)cccc1NC(=S)Nc1ccc(NC(=O)c2ccco2)cc1. The molecule has 3 rings (SSSR count). The second-order valence-electron chi connectivity index (χ2n) is 6.12. The van der Waals surface area contributed by atoms with Crippen molar-refractivity contribution in [3.05, 3.63) is 71.6 Å². The summed E-state index contributed by atoms with van der Waals surface area (Å²) in [5.74, 6) is -0.0501. The molecule has 1 heterocycles. The normalized spacial score (nSPS) is 10.2. The molecular weight excluding hydrogens is 396 g/mol. The molecule has 0 radical (unpaired) electrons. The quantitative estimate of drug-likeness (QED) is 0.507. The first kappa shape index (κ1) is 19.7. The number of anilines is 4. The molecule has 1 aromatic heterocycles. The fourth-order valence-corrected chi connectivity index (χ4v) is 3.16. The van der Waals surface area contributed by atoms with Crippen molar-refractivity contribution in [1.82, 2.24) is 0 Å². The molecule has 2 aromatic carbocycles. The Bertz CT molecular complexity index is 972. The van der Waals surface area contributed by atoms with Crippen molar-refractivity contribution in [2.24, 2.45) is 0 Å². The Morgan fingerprint density at radius 1 is 0.964 bits per heavy atom. The van der Waals surface area contributed by atoms with Crippen LogP contribution in [-0.2, 0) is 0 Å². The van der Waals surface area contributed by atoms with E-state index < -0.39 is 0 Å². The van der Waals surface area contributed by atoms with Crippen LogP contribution in [0.2, 0.25) is 5.02 Å². The Kier molecular flexibility index (Phi) is 6.18. The van der Waals surface area contributed by atoms with Gasteiger partial charge in [-0.3, -0.25) is 4.79 Å². The molecule has 0 saturated heterocycles. The van der Waals surface area contributed by atoms with Crippen LogP contribution in [0, 0.1) is 0 Å². The second-order valence-corrected chi connectivity index (χ2v) is 6.93. The van der Waals surface area contributed by atoms with Crippen molar-refractivity contribution in [3.63, 3.8) is 0 Å². The molecule has 1 amide bonds. The summed E-state index contributed by atoms with van der Waals surface area (Å²) in [4.78, 5) is 13.9. The van der Waals surface area contributed by atoms with Gasteiger partial charge in [0.15, 0.2) is 10.9 Å². The maximum absolute atomic E-state index is 12.0. The van der Waals surface area contributed by atoms with Gasteiger partial charge >= 0.3 is 0 Å². The van der Waals surface area contributed by atoms with Gasteiger partial charge in [-0.15, -0.1) is 0 Å². The lowest BCUT2D eigenvalue weighted by Crippen LogP contribution is -2.21. The smallest absolute Gasteiger partial charge is 0.291 e. The Labute approximate surface area is 173 Å².